The number of furan rings is 1. The molecule has 2 aromatic rings. The van der Waals surface area contributed by atoms with E-state index in [2.05, 4.69) is 10.6 Å². The Kier molecular flexibility index (Phi) is 7.83. The van der Waals surface area contributed by atoms with Crippen molar-refractivity contribution >= 4 is 17.7 Å². The molecule has 1 aromatic heterocycles. The molecule has 2 N–H and O–H groups in total. The second kappa shape index (κ2) is 10.8. The highest BCUT2D eigenvalue weighted by atomic mass is 16.5. The van der Waals surface area contributed by atoms with Gasteiger partial charge < -0.3 is 24.7 Å². The zero-order valence-electron chi connectivity index (χ0n) is 17.9. The predicted octanol–water partition coefficient (Wildman–Crippen LogP) is 2.00. The van der Waals surface area contributed by atoms with Gasteiger partial charge in [0.1, 0.15) is 6.04 Å². The molecule has 1 aromatic carbocycles. The average molecular weight is 428 g/mol. The smallest absolute Gasteiger partial charge is 0.289 e. The first-order valence-electron chi connectivity index (χ1n) is 10.5. The van der Waals surface area contributed by atoms with Gasteiger partial charge in [0.2, 0.25) is 5.91 Å². The van der Waals surface area contributed by atoms with Gasteiger partial charge in [-0.15, -0.1) is 0 Å². The highest BCUT2D eigenvalue weighted by Gasteiger charge is 2.34. The molecule has 3 rings (SSSR count). The number of benzene rings is 1. The minimum absolute atomic E-state index is 0.0856. The molecule has 1 aliphatic rings. The van der Waals surface area contributed by atoms with Crippen LogP contribution in [0.4, 0.5) is 0 Å². The Hall–Kier alpha value is -3.13. The second-order valence-electron chi connectivity index (χ2n) is 7.71. The maximum absolute atomic E-state index is 12.9. The number of rotatable bonds is 8. The van der Waals surface area contributed by atoms with E-state index in [0.717, 1.165) is 5.56 Å². The number of nitrogens with one attached hydrogen (secondary N) is 2. The molecule has 8 nitrogen and oxygen atoms in total. The van der Waals surface area contributed by atoms with Crippen molar-refractivity contribution in [1.29, 1.82) is 0 Å². The molecule has 166 valence electrons. The number of nitrogens with zero attached hydrogens (tertiary/aromatic N) is 1. The first-order valence-corrected chi connectivity index (χ1v) is 10.5. The summed E-state index contributed by atoms with van der Waals surface area (Å²) in [6.07, 6.45) is 2.67. The zero-order chi connectivity index (χ0) is 22.2. The summed E-state index contributed by atoms with van der Waals surface area (Å²) in [4.78, 5) is 39.9. The predicted molar refractivity (Wildman–Crippen MR) is 115 cm³/mol. The molecule has 0 aliphatic carbocycles. The summed E-state index contributed by atoms with van der Waals surface area (Å²) < 4.78 is 10.2. The molecule has 0 saturated carbocycles. The summed E-state index contributed by atoms with van der Waals surface area (Å²) in [5.41, 5.74) is 1.56. The number of carbonyl (C=O) groups is 3. The van der Waals surface area contributed by atoms with Gasteiger partial charge in [0, 0.05) is 32.3 Å². The van der Waals surface area contributed by atoms with Gasteiger partial charge in [0.15, 0.2) is 5.76 Å². The maximum Gasteiger partial charge on any atom is 0.289 e. The topological polar surface area (TPSA) is 101 Å². The molecule has 31 heavy (non-hydrogen) atoms. The van der Waals surface area contributed by atoms with Crippen LogP contribution in [0.1, 0.15) is 39.3 Å². The van der Waals surface area contributed by atoms with E-state index in [1.807, 2.05) is 19.1 Å². The number of hydrogen-bond donors (Lipinski definition) is 2. The molecule has 2 heterocycles. The Morgan fingerprint density at radius 2 is 1.87 bits per heavy atom. The van der Waals surface area contributed by atoms with E-state index in [1.165, 1.54) is 6.26 Å². The number of likely N-dealkylation sites (tertiary alicyclic amines) is 1. The average Bonchev–Trinajstić information content (AvgIpc) is 3.32. The standard InChI is InChI=1S/C23H29N3O5/c1-16-5-7-18(8-6-16)21(27)25-20(22(28)24-11-15-30-2)17-9-12-26(13-10-17)23(29)19-4-3-14-31-19/h3-8,14,17,20H,9-13,15H2,1-2H3,(H,24,28)(H,25,27). The van der Waals surface area contributed by atoms with Crippen molar-refractivity contribution in [3.8, 4) is 0 Å². The molecular weight excluding hydrogens is 398 g/mol. The fourth-order valence-corrected chi connectivity index (χ4v) is 3.71. The van der Waals surface area contributed by atoms with E-state index in [4.69, 9.17) is 9.15 Å². The maximum atomic E-state index is 12.9. The van der Waals surface area contributed by atoms with E-state index >= 15 is 0 Å². The van der Waals surface area contributed by atoms with E-state index in [9.17, 15) is 14.4 Å². The van der Waals surface area contributed by atoms with E-state index in [1.54, 1.807) is 36.3 Å². The Bertz CT molecular complexity index is 871. The Labute approximate surface area is 181 Å². The van der Waals surface area contributed by atoms with Crippen molar-refractivity contribution in [2.75, 3.05) is 33.4 Å². The fourth-order valence-electron chi connectivity index (χ4n) is 3.71. The van der Waals surface area contributed by atoms with Crippen LogP contribution in [0.5, 0.6) is 0 Å². The minimum atomic E-state index is -0.688. The first-order chi connectivity index (χ1) is 15.0. The molecule has 1 atom stereocenters. The summed E-state index contributed by atoms with van der Waals surface area (Å²) in [5.74, 6) is -0.472. The van der Waals surface area contributed by atoms with Crippen LogP contribution in [-0.4, -0.2) is 62.0 Å². The molecule has 1 aliphatic heterocycles. The van der Waals surface area contributed by atoms with Crippen molar-refractivity contribution in [2.45, 2.75) is 25.8 Å². The lowest BCUT2D eigenvalue weighted by molar-refractivity contribution is -0.124. The van der Waals surface area contributed by atoms with Crippen LogP contribution in [0, 0.1) is 12.8 Å². The fraction of sp³-hybridized carbons (Fsp3) is 0.435. The van der Waals surface area contributed by atoms with Crippen LogP contribution in [-0.2, 0) is 9.53 Å². The van der Waals surface area contributed by atoms with Gasteiger partial charge in [0.25, 0.3) is 11.8 Å². The van der Waals surface area contributed by atoms with Crippen molar-refractivity contribution in [3.63, 3.8) is 0 Å². The zero-order valence-corrected chi connectivity index (χ0v) is 17.9. The number of ether oxygens (including phenoxy) is 1. The highest BCUT2D eigenvalue weighted by Crippen LogP contribution is 2.23. The van der Waals surface area contributed by atoms with Crippen LogP contribution in [0.3, 0.4) is 0 Å². The van der Waals surface area contributed by atoms with Crippen molar-refractivity contribution in [3.05, 3.63) is 59.5 Å². The van der Waals surface area contributed by atoms with Gasteiger partial charge in [-0.3, -0.25) is 14.4 Å². The normalized spacial score (nSPS) is 15.4. The van der Waals surface area contributed by atoms with Gasteiger partial charge in [0.05, 0.1) is 12.9 Å². The Morgan fingerprint density at radius 1 is 1.16 bits per heavy atom. The Balaban J connectivity index is 1.66. The van der Waals surface area contributed by atoms with Crippen LogP contribution < -0.4 is 10.6 Å². The summed E-state index contributed by atoms with van der Waals surface area (Å²) in [6, 6.07) is 9.85. The summed E-state index contributed by atoms with van der Waals surface area (Å²) in [6.45, 7) is 3.69. The molecule has 0 radical (unpaired) electrons. The van der Waals surface area contributed by atoms with Gasteiger partial charge in [-0.1, -0.05) is 17.7 Å². The van der Waals surface area contributed by atoms with Crippen LogP contribution >= 0.6 is 0 Å². The van der Waals surface area contributed by atoms with Gasteiger partial charge >= 0.3 is 0 Å². The lowest BCUT2D eigenvalue weighted by Crippen LogP contribution is -2.54. The number of methoxy groups -OCH3 is 1. The third kappa shape index (κ3) is 5.95. The van der Waals surface area contributed by atoms with Crippen molar-refractivity contribution in [1.82, 2.24) is 15.5 Å². The number of aryl methyl sites for hydroxylation is 1. The summed E-state index contributed by atoms with van der Waals surface area (Å²) >= 11 is 0. The van der Waals surface area contributed by atoms with E-state index in [0.29, 0.717) is 50.4 Å². The second-order valence-corrected chi connectivity index (χ2v) is 7.71. The Morgan fingerprint density at radius 3 is 2.48 bits per heavy atom. The summed E-state index contributed by atoms with van der Waals surface area (Å²) in [5, 5.41) is 5.74. The lowest BCUT2D eigenvalue weighted by Gasteiger charge is -2.35. The SMILES string of the molecule is COCCNC(=O)C(NC(=O)c1ccc(C)cc1)C1CCN(C(=O)c2ccco2)CC1. The van der Waals surface area contributed by atoms with Crippen molar-refractivity contribution < 1.29 is 23.5 Å². The first kappa shape index (κ1) is 22.6. The van der Waals surface area contributed by atoms with Gasteiger partial charge in [-0.2, -0.15) is 0 Å². The van der Waals surface area contributed by atoms with Crippen LogP contribution in [0.25, 0.3) is 0 Å². The summed E-state index contributed by atoms with van der Waals surface area (Å²) in [7, 11) is 1.56. The van der Waals surface area contributed by atoms with Crippen LogP contribution in [0.2, 0.25) is 0 Å². The highest BCUT2D eigenvalue weighted by molar-refractivity contribution is 5.97. The molecule has 8 heteroatoms. The number of carbonyl (C=O) groups excluding carboxylic acids is 3. The molecule has 1 fully saturated rings. The minimum Gasteiger partial charge on any atom is -0.459 e. The van der Waals surface area contributed by atoms with E-state index in [-0.39, 0.29) is 23.6 Å². The van der Waals surface area contributed by atoms with Gasteiger partial charge in [-0.25, -0.2) is 0 Å². The monoisotopic (exact) mass is 427 g/mol. The number of amides is 3. The molecular formula is C23H29N3O5. The third-order valence-electron chi connectivity index (χ3n) is 5.52. The molecule has 3 amide bonds. The molecule has 0 spiro atoms. The largest absolute Gasteiger partial charge is 0.459 e. The molecule has 1 saturated heterocycles. The van der Waals surface area contributed by atoms with Crippen molar-refractivity contribution in [2.24, 2.45) is 5.92 Å². The number of hydrogen-bond acceptors (Lipinski definition) is 5. The van der Waals surface area contributed by atoms with Crippen LogP contribution in [0.15, 0.2) is 47.1 Å². The quantitative estimate of drug-likeness (QED) is 0.628. The molecule has 0 bridgehead atoms. The van der Waals surface area contributed by atoms with E-state index < -0.39 is 6.04 Å². The van der Waals surface area contributed by atoms with Gasteiger partial charge in [-0.05, 0) is 49.9 Å². The lowest BCUT2D eigenvalue weighted by atomic mass is 9.88. The number of piperidine rings is 1. The molecule has 1 unspecified atom stereocenters. The third-order valence-corrected chi connectivity index (χ3v) is 5.52.